The van der Waals surface area contributed by atoms with Crippen molar-refractivity contribution in [1.29, 1.82) is 0 Å². The lowest BCUT2D eigenvalue weighted by Gasteiger charge is -2.01. The zero-order valence-corrected chi connectivity index (χ0v) is 6.76. The quantitative estimate of drug-likeness (QED) is 0.618. The average Bonchev–Trinajstić information content (AvgIpc) is 2.20. The highest BCUT2D eigenvalue weighted by molar-refractivity contribution is 4.90. The maximum Gasteiger partial charge on any atom is 0.129 e. The molecule has 0 aliphatic carbocycles. The minimum atomic E-state index is 1.01. The molecule has 1 rings (SSSR count). The molecule has 0 saturated heterocycles. The Morgan fingerprint density at radius 3 is 2.10 bits per heavy atom. The topological polar surface area (TPSA) is 30.7 Å². The fourth-order valence-electron chi connectivity index (χ4n) is 1.03. The molecule has 1 heterocycles. The molecule has 3 heteroatoms. The van der Waals surface area contributed by atoms with Crippen molar-refractivity contribution < 1.29 is 0 Å². The number of aryl methyl sites for hydroxylation is 2. The minimum Gasteiger partial charge on any atom is -0.315 e. The highest BCUT2D eigenvalue weighted by Gasteiger charge is 2.00. The summed E-state index contributed by atoms with van der Waals surface area (Å²) in [4.78, 5) is 0. The third kappa shape index (κ3) is 1.17. The van der Waals surface area contributed by atoms with Crippen LogP contribution in [0.15, 0.2) is 0 Å². The monoisotopic (exact) mass is 139 g/mol. The zero-order valence-electron chi connectivity index (χ0n) is 6.76. The van der Waals surface area contributed by atoms with Gasteiger partial charge in [0.05, 0.1) is 0 Å². The molecule has 0 saturated carbocycles. The first-order valence-corrected chi connectivity index (χ1v) is 3.62. The van der Waals surface area contributed by atoms with Crippen molar-refractivity contribution in [2.24, 2.45) is 0 Å². The molecule has 1 aromatic heterocycles. The summed E-state index contributed by atoms with van der Waals surface area (Å²) in [6, 6.07) is 0. The molecule has 0 radical (unpaired) electrons. The Hall–Kier alpha value is -0.860. The summed E-state index contributed by atoms with van der Waals surface area (Å²) in [6.07, 6.45) is 1.14. The summed E-state index contributed by atoms with van der Waals surface area (Å²) in [6.45, 7) is 7.15. The molecule has 0 amide bonds. The molecule has 0 bridgehead atoms. The van der Waals surface area contributed by atoms with Crippen molar-refractivity contribution in [3.63, 3.8) is 0 Å². The van der Waals surface area contributed by atoms with Gasteiger partial charge in [-0.1, -0.05) is 6.92 Å². The third-order valence-electron chi connectivity index (χ3n) is 1.57. The van der Waals surface area contributed by atoms with Crippen LogP contribution in [-0.4, -0.2) is 14.8 Å². The molecule has 0 N–H and O–H groups in total. The Bertz CT molecular complexity index is 195. The van der Waals surface area contributed by atoms with E-state index in [0.29, 0.717) is 0 Å². The van der Waals surface area contributed by atoms with Crippen LogP contribution in [0.3, 0.4) is 0 Å². The molecule has 56 valence electrons. The first-order chi connectivity index (χ1) is 4.75. The number of rotatable bonds is 2. The fourth-order valence-corrected chi connectivity index (χ4v) is 1.03. The lowest BCUT2D eigenvalue weighted by atomic mass is 10.4. The van der Waals surface area contributed by atoms with E-state index >= 15 is 0 Å². The second-order valence-corrected chi connectivity index (χ2v) is 2.45. The van der Waals surface area contributed by atoms with Crippen LogP contribution < -0.4 is 0 Å². The van der Waals surface area contributed by atoms with Gasteiger partial charge in [-0.05, 0) is 20.3 Å². The minimum absolute atomic E-state index is 1.01. The lowest BCUT2D eigenvalue weighted by Crippen LogP contribution is -2.01. The predicted octanol–water partition coefficient (Wildman–Crippen LogP) is 1.30. The number of hydrogen-bond donors (Lipinski definition) is 0. The van der Waals surface area contributed by atoms with Crippen LogP contribution in [0.1, 0.15) is 25.0 Å². The van der Waals surface area contributed by atoms with E-state index in [1.54, 1.807) is 0 Å². The number of aromatic nitrogens is 3. The van der Waals surface area contributed by atoms with Gasteiger partial charge in [-0.25, -0.2) is 0 Å². The van der Waals surface area contributed by atoms with Crippen molar-refractivity contribution in [3.05, 3.63) is 11.6 Å². The van der Waals surface area contributed by atoms with Gasteiger partial charge in [-0.15, -0.1) is 10.2 Å². The Morgan fingerprint density at radius 1 is 1.20 bits per heavy atom. The standard InChI is InChI=1S/C7H13N3/c1-4-5-10-6(2)8-9-7(10)3/h4-5H2,1-3H3. The van der Waals surface area contributed by atoms with Crippen LogP contribution in [0.2, 0.25) is 0 Å². The van der Waals surface area contributed by atoms with Crippen molar-refractivity contribution in [2.45, 2.75) is 33.7 Å². The lowest BCUT2D eigenvalue weighted by molar-refractivity contribution is 0.639. The molecule has 10 heavy (non-hydrogen) atoms. The maximum atomic E-state index is 3.95. The van der Waals surface area contributed by atoms with E-state index < -0.39 is 0 Å². The van der Waals surface area contributed by atoms with E-state index in [-0.39, 0.29) is 0 Å². The molecule has 0 atom stereocenters. The van der Waals surface area contributed by atoms with Gasteiger partial charge in [0.25, 0.3) is 0 Å². The van der Waals surface area contributed by atoms with Gasteiger partial charge < -0.3 is 4.57 Å². The van der Waals surface area contributed by atoms with Crippen LogP contribution in [0, 0.1) is 13.8 Å². The molecule has 0 aromatic carbocycles. The van der Waals surface area contributed by atoms with Gasteiger partial charge in [-0.3, -0.25) is 0 Å². The normalized spacial score (nSPS) is 10.3. The molecule has 0 fully saturated rings. The van der Waals surface area contributed by atoms with Gasteiger partial charge in [0, 0.05) is 6.54 Å². The summed E-state index contributed by atoms with van der Waals surface area (Å²) >= 11 is 0. The average molecular weight is 139 g/mol. The Balaban J connectivity index is 2.87. The van der Waals surface area contributed by atoms with Crippen molar-refractivity contribution in [3.8, 4) is 0 Å². The second-order valence-electron chi connectivity index (χ2n) is 2.45. The van der Waals surface area contributed by atoms with Gasteiger partial charge >= 0.3 is 0 Å². The Labute approximate surface area is 61.1 Å². The first kappa shape index (κ1) is 7.25. The first-order valence-electron chi connectivity index (χ1n) is 3.62. The number of hydrogen-bond acceptors (Lipinski definition) is 2. The molecule has 1 aromatic rings. The van der Waals surface area contributed by atoms with Crippen molar-refractivity contribution in [1.82, 2.24) is 14.8 Å². The Kier molecular flexibility index (Phi) is 2.04. The van der Waals surface area contributed by atoms with E-state index in [4.69, 9.17) is 0 Å². The molecule has 0 aliphatic heterocycles. The van der Waals surface area contributed by atoms with E-state index in [0.717, 1.165) is 24.6 Å². The summed E-state index contributed by atoms with van der Waals surface area (Å²) in [7, 11) is 0. The Morgan fingerprint density at radius 2 is 1.70 bits per heavy atom. The van der Waals surface area contributed by atoms with Crippen LogP contribution in [-0.2, 0) is 6.54 Å². The molecule has 0 unspecified atom stereocenters. The smallest absolute Gasteiger partial charge is 0.129 e. The second kappa shape index (κ2) is 2.82. The summed E-state index contributed by atoms with van der Waals surface area (Å²) in [5.74, 6) is 2.03. The van der Waals surface area contributed by atoms with Crippen LogP contribution in [0.25, 0.3) is 0 Å². The summed E-state index contributed by atoms with van der Waals surface area (Å²) in [5, 5.41) is 7.90. The molecular weight excluding hydrogens is 126 g/mol. The molecule has 3 nitrogen and oxygen atoms in total. The highest BCUT2D eigenvalue weighted by Crippen LogP contribution is 1.99. The third-order valence-corrected chi connectivity index (χ3v) is 1.57. The van der Waals surface area contributed by atoms with Crippen LogP contribution in [0.5, 0.6) is 0 Å². The van der Waals surface area contributed by atoms with Gasteiger partial charge in [0.1, 0.15) is 11.6 Å². The fraction of sp³-hybridized carbons (Fsp3) is 0.714. The largest absolute Gasteiger partial charge is 0.315 e. The summed E-state index contributed by atoms with van der Waals surface area (Å²) < 4.78 is 2.12. The van der Waals surface area contributed by atoms with Gasteiger partial charge in [0.15, 0.2) is 0 Å². The molecule has 0 aliphatic rings. The van der Waals surface area contributed by atoms with E-state index in [1.165, 1.54) is 0 Å². The summed E-state index contributed by atoms with van der Waals surface area (Å²) in [5.41, 5.74) is 0. The predicted molar refractivity (Wildman–Crippen MR) is 39.8 cm³/mol. The SMILES string of the molecule is CCCn1c(C)nnc1C. The molecular formula is C7H13N3. The van der Waals surface area contributed by atoms with Crippen LogP contribution >= 0.6 is 0 Å². The van der Waals surface area contributed by atoms with Gasteiger partial charge in [0.2, 0.25) is 0 Å². The van der Waals surface area contributed by atoms with Crippen molar-refractivity contribution >= 4 is 0 Å². The molecule has 0 spiro atoms. The van der Waals surface area contributed by atoms with E-state index in [9.17, 15) is 0 Å². The van der Waals surface area contributed by atoms with E-state index in [1.807, 2.05) is 13.8 Å². The zero-order chi connectivity index (χ0) is 7.56. The van der Waals surface area contributed by atoms with Crippen molar-refractivity contribution in [2.75, 3.05) is 0 Å². The number of nitrogens with zero attached hydrogens (tertiary/aromatic N) is 3. The highest BCUT2D eigenvalue weighted by atomic mass is 15.3. The van der Waals surface area contributed by atoms with Gasteiger partial charge in [-0.2, -0.15) is 0 Å². The van der Waals surface area contributed by atoms with E-state index in [2.05, 4.69) is 21.7 Å². The maximum absolute atomic E-state index is 3.95. The van der Waals surface area contributed by atoms with Crippen LogP contribution in [0.4, 0.5) is 0 Å².